The third kappa shape index (κ3) is 4.80. The fourth-order valence-corrected chi connectivity index (χ4v) is 2.49. The summed E-state index contributed by atoms with van der Waals surface area (Å²) in [5.74, 6) is 1.58. The number of nitrogens with zero attached hydrogens (tertiary/aromatic N) is 3. The Balaban J connectivity index is 1.90. The van der Waals surface area contributed by atoms with Crippen LogP contribution in [-0.4, -0.2) is 50.7 Å². The summed E-state index contributed by atoms with van der Waals surface area (Å²) >= 11 is 0. The van der Waals surface area contributed by atoms with E-state index in [0.717, 1.165) is 22.0 Å². The average molecular weight is 351 g/mol. The number of benzene rings is 1. The van der Waals surface area contributed by atoms with E-state index in [4.69, 9.17) is 4.74 Å². The number of aromatic nitrogens is 2. The van der Waals surface area contributed by atoms with Crippen LogP contribution in [0.15, 0.2) is 36.4 Å². The predicted octanol–water partition coefficient (Wildman–Crippen LogP) is 1.36. The van der Waals surface area contributed by atoms with Gasteiger partial charge in [-0.05, 0) is 30.2 Å². The molecule has 0 spiro atoms. The Hall–Kier alpha value is -2.39. The highest BCUT2D eigenvalue weighted by atomic mass is 32.2. The van der Waals surface area contributed by atoms with Crippen LogP contribution in [0.1, 0.15) is 5.56 Å². The van der Waals surface area contributed by atoms with Gasteiger partial charge in [-0.15, -0.1) is 10.2 Å². The molecule has 2 rings (SSSR count). The van der Waals surface area contributed by atoms with Crippen molar-refractivity contribution >= 4 is 21.8 Å². The van der Waals surface area contributed by atoms with E-state index in [0.29, 0.717) is 12.4 Å². The van der Waals surface area contributed by atoms with Gasteiger partial charge < -0.3 is 10.1 Å². The van der Waals surface area contributed by atoms with E-state index in [-0.39, 0.29) is 5.82 Å². The molecule has 0 unspecified atom stereocenters. The maximum atomic E-state index is 11.7. The highest BCUT2D eigenvalue weighted by Crippen LogP contribution is 2.17. The van der Waals surface area contributed by atoms with E-state index in [1.165, 1.54) is 14.1 Å². The summed E-state index contributed by atoms with van der Waals surface area (Å²) in [6.07, 6.45) is 0.765. The first kappa shape index (κ1) is 18.0. The van der Waals surface area contributed by atoms with Crippen molar-refractivity contribution in [3.63, 3.8) is 0 Å². The lowest BCUT2D eigenvalue weighted by atomic mass is 10.1. The molecule has 0 saturated heterocycles. The number of nitrogens with one attached hydrogen (secondary N) is 2. The molecule has 0 saturated carbocycles. The van der Waals surface area contributed by atoms with Gasteiger partial charge in [-0.2, -0.15) is 12.7 Å². The Morgan fingerprint density at radius 1 is 1.08 bits per heavy atom. The van der Waals surface area contributed by atoms with Crippen LogP contribution in [0.4, 0.5) is 11.6 Å². The van der Waals surface area contributed by atoms with Gasteiger partial charge in [0.25, 0.3) is 0 Å². The zero-order valence-electron chi connectivity index (χ0n) is 13.9. The van der Waals surface area contributed by atoms with Crippen LogP contribution in [0.2, 0.25) is 0 Å². The second-order valence-corrected chi connectivity index (χ2v) is 7.07. The molecule has 130 valence electrons. The molecule has 0 amide bonds. The molecule has 1 aromatic heterocycles. The smallest absolute Gasteiger partial charge is 0.302 e. The molecule has 0 fully saturated rings. The summed E-state index contributed by atoms with van der Waals surface area (Å²) in [5, 5.41) is 11.0. The van der Waals surface area contributed by atoms with Crippen molar-refractivity contribution in [3.8, 4) is 5.75 Å². The molecule has 0 aliphatic heterocycles. The Morgan fingerprint density at radius 2 is 1.75 bits per heavy atom. The first-order valence-corrected chi connectivity index (χ1v) is 8.76. The molecule has 24 heavy (non-hydrogen) atoms. The minimum atomic E-state index is -3.58. The van der Waals surface area contributed by atoms with Gasteiger partial charge >= 0.3 is 10.2 Å². The zero-order chi connectivity index (χ0) is 17.6. The molecular formula is C15H21N5O3S. The Morgan fingerprint density at radius 3 is 2.38 bits per heavy atom. The van der Waals surface area contributed by atoms with Gasteiger partial charge in [0.05, 0.1) is 7.11 Å². The van der Waals surface area contributed by atoms with E-state index >= 15 is 0 Å². The van der Waals surface area contributed by atoms with E-state index in [9.17, 15) is 8.42 Å². The Kier molecular flexibility index (Phi) is 5.93. The number of rotatable bonds is 8. The Labute approximate surface area is 142 Å². The number of para-hydroxylation sites is 1. The number of anilines is 2. The molecule has 8 nitrogen and oxygen atoms in total. The fraction of sp³-hybridized carbons (Fsp3) is 0.333. The second kappa shape index (κ2) is 7.93. The number of methoxy groups -OCH3 is 1. The fourth-order valence-electron chi connectivity index (χ4n) is 1.94. The number of hydrogen-bond donors (Lipinski definition) is 2. The van der Waals surface area contributed by atoms with Crippen molar-refractivity contribution < 1.29 is 13.2 Å². The van der Waals surface area contributed by atoms with Gasteiger partial charge in [0.2, 0.25) is 0 Å². The molecule has 0 bridgehead atoms. The molecule has 9 heteroatoms. The van der Waals surface area contributed by atoms with E-state index in [2.05, 4.69) is 20.2 Å². The third-order valence-corrected chi connectivity index (χ3v) is 4.70. The summed E-state index contributed by atoms with van der Waals surface area (Å²) in [5.41, 5.74) is 1.09. The van der Waals surface area contributed by atoms with E-state index in [1.54, 1.807) is 19.2 Å². The molecule has 1 aromatic carbocycles. The molecule has 0 aliphatic rings. The van der Waals surface area contributed by atoms with Crippen LogP contribution >= 0.6 is 0 Å². The van der Waals surface area contributed by atoms with Gasteiger partial charge in [0.15, 0.2) is 5.82 Å². The molecule has 2 aromatic rings. The lowest BCUT2D eigenvalue weighted by molar-refractivity contribution is 0.410. The summed E-state index contributed by atoms with van der Waals surface area (Å²) in [6, 6.07) is 11.0. The van der Waals surface area contributed by atoms with Crippen molar-refractivity contribution in [3.05, 3.63) is 42.0 Å². The number of hydrogen-bond acceptors (Lipinski definition) is 6. The molecular weight excluding hydrogens is 330 g/mol. The zero-order valence-corrected chi connectivity index (χ0v) is 14.7. The second-order valence-electron chi connectivity index (χ2n) is 5.18. The van der Waals surface area contributed by atoms with Gasteiger partial charge in [-0.3, -0.25) is 4.72 Å². The summed E-state index contributed by atoms with van der Waals surface area (Å²) in [6.45, 7) is 0.651. The van der Waals surface area contributed by atoms with Crippen LogP contribution in [0.3, 0.4) is 0 Å². The first-order valence-electron chi connectivity index (χ1n) is 7.32. The highest BCUT2D eigenvalue weighted by molar-refractivity contribution is 7.90. The maximum absolute atomic E-state index is 11.7. The van der Waals surface area contributed by atoms with Gasteiger partial charge in [0, 0.05) is 20.6 Å². The van der Waals surface area contributed by atoms with Crippen LogP contribution in [0.5, 0.6) is 5.75 Å². The summed E-state index contributed by atoms with van der Waals surface area (Å²) in [4.78, 5) is 0. The van der Waals surface area contributed by atoms with Gasteiger partial charge in [0.1, 0.15) is 11.6 Å². The van der Waals surface area contributed by atoms with Crippen molar-refractivity contribution in [1.29, 1.82) is 0 Å². The predicted molar refractivity (Wildman–Crippen MR) is 93.4 cm³/mol. The van der Waals surface area contributed by atoms with E-state index in [1.807, 2.05) is 24.3 Å². The largest absolute Gasteiger partial charge is 0.496 e. The summed E-state index contributed by atoms with van der Waals surface area (Å²) in [7, 11) is 0.934. The third-order valence-electron chi connectivity index (χ3n) is 3.27. The lowest BCUT2D eigenvalue weighted by Gasteiger charge is -2.12. The van der Waals surface area contributed by atoms with Gasteiger partial charge in [-0.1, -0.05) is 18.2 Å². The molecule has 0 radical (unpaired) electrons. The minimum absolute atomic E-state index is 0.166. The van der Waals surface area contributed by atoms with Crippen molar-refractivity contribution in [2.45, 2.75) is 6.42 Å². The normalized spacial score (nSPS) is 11.3. The van der Waals surface area contributed by atoms with Crippen LogP contribution in [0.25, 0.3) is 0 Å². The molecule has 2 N–H and O–H groups in total. The topological polar surface area (TPSA) is 96.5 Å². The van der Waals surface area contributed by atoms with Crippen molar-refractivity contribution in [2.24, 2.45) is 0 Å². The van der Waals surface area contributed by atoms with Crippen molar-refractivity contribution in [1.82, 2.24) is 14.5 Å². The standard InChI is InChI=1S/C15H21N5O3S/c1-20(2)24(21,22)19-15-9-8-14(17-18-15)16-11-10-12-6-4-5-7-13(12)23-3/h4-9H,10-11H2,1-3H3,(H,16,17)(H,18,19). The highest BCUT2D eigenvalue weighted by Gasteiger charge is 2.13. The molecule has 0 atom stereocenters. The SMILES string of the molecule is COc1ccccc1CCNc1ccc(NS(=O)(=O)N(C)C)nn1. The van der Waals surface area contributed by atoms with Crippen molar-refractivity contribution in [2.75, 3.05) is 37.8 Å². The maximum Gasteiger partial charge on any atom is 0.302 e. The summed E-state index contributed by atoms with van der Waals surface area (Å²) < 4.78 is 32.1. The average Bonchev–Trinajstić information content (AvgIpc) is 2.56. The quantitative estimate of drug-likeness (QED) is 0.745. The molecule has 1 heterocycles. The van der Waals surface area contributed by atoms with Crippen LogP contribution < -0.4 is 14.8 Å². The van der Waals surface area contributed by atoms with E-state index < -0.39 is 10.2 Å². The number of ether oxygens (including phenoxy) is 1. The minimum Gasteiger partial charge on any atom is -0.496 e. The van der Waals surface area contributed by atoms with Crippen LogP contribution in [0, 0.1) is 0 Å². The first-order chi connectivity index (χ1) is 11.4. The monoisotopic (exact) mass is 351 g/mol. The lowest BCUT2D eigenvalue weighted by Crippen LogP contribution is -2.29. The van der Waals surface area contributed by atoms with Gasteiger partial charge in [-0.25, -0.2) is 0 Å². The molecule has 0 aliphatic carbocycles. The van der Waals surface area contributed by atoms with Crippen LogP contribution in [-0.2, 0) is 16.6 Å². The Bertz CT molecular complexity index is 763.